The van der Waals surface area contributed by atoms with Crippen LogP contribution in [0.1, 0.15) is 90.9 Å². The molecule has 0 atom stereocenters. The molecule has 0 unspecified atom stereocenters. The average Bonchev–Trinajstić information content (AvgIpc) is 3.42. The van der Waals surface area contributed by atoms with Crippen molar-refractivity contribution in [1.29, 1.82) is 0 Å². The summed E-state index contributed by atoms with van der Waals surface area (Å²) in [5.74, 6) is 2.59. The molecule has 0 fully saturated rings. The van der Waals surface area contributed by atoms with Gasteiger partial charge in [0.15, 0.2) is 0 Å². The van der Waals surface area contributed by atoms with Crippen LogP contribution in [0.2, 0.25) is 29.6 Å². The van der Waals surface area contributed by atoms with E-state index in [0.29, 0.717) is 0 Å². The van der Waals surface area contributed by atoms with Gasteiger partial charge in [-0.3, -0.25) is 0 Å². The molecule has 0 spiro atoms. The molecule has 0 amide bonds. The minimum atomic E-state index is -2.15. The third-order valence-electron chi connectivity index (χ3n) is 6.51. The van der Waals surface area contributed by atoms with Gasteiger partial charge in [0.05, 0.1) is 0 Å². The third-order valence-corrected chi connectivity index (χ3v) is 31.4. The van der Waals surface area contributed by atoms with Crippen LogP contribution in [0, 0.1) is 0 Å². The summed E-state index contributed by atoms with van der Waals surface area (Å²) in [6.45, 7) is 4.62. The van der Waals surface area contributed by atoms with E-state index in [9.17, 15) is 0 Å². The number of rotatable bonds is 19. The van der Waals surface area contributed by atoms with E-state index in [-0.39, 0.29) is 0 Å². The topological polar surface area (TPSA) is 0 Å². The summed E-state index contributed by atoms with van der Waals surface area (Å²) in [5.41, 5.74) is 0. The maximum absolute atomic E-state index is 2.60. The van der Waals surface area contributed by atoms with Crippen LogP contribution in [-0.4, -0.2) is 48.3 Å². The number of hydrogen-bond acceptors (Lipinski definition) is 4. The quantitative estimate of drug-likeness (QED) is 0.0791. The van der Waals surface area contributed by atoms with Crippen LogP contribution in [-0.2, 0) is 0 Å². The van der Waals surface area contributed by atoms with Crippen LogP contribution in [0.3, 0.4) is 0 Å². The molecule has 36 heavy (non-hydrogen) atoms. The van der Waals surface area contributed by atoms with Crippen molar-refractivity contribution in [2.45, 2.75) is 130 Å². The molecule has 2 aromatic rings. The first kappa shape index (κ1) is 33.9. The molecule has 0 N–H and O–H groups in total. The summed E-state index contributed by atoms with van der Waals surface area (Å²) in [6, 6.07) is 5.19. The van der Waals surface area contributed by atoms with Crippen molar-refractivity contribution >= 4 is 88.7 Å². The fraction of sp³-hybridized carbons (Fsp3) is 0.733. The van der Waals surface area contributed by atoms with Gasteiger partial charge in [-0.2, -0.15) is 0 Å². The SMILES string of the molecule is CCCCCCCCSc1cc(-c2cc(SCCCCCCCC)[c]([Sn]([CH3])([CH3])[CH3])s2)s[c]1[Sn]([CH3])([CH3])[CH3]. The molecule has 6 heteroatoms. The van der Waals surface area contributed by atoms with E-state index in [1.54, 1.807) is 25.3 Å². The molecule has 2 heterocycles. The Hall–Kier alpha value is 1.70. The van der Waals surface area contributed by atoms with Crippen LogP contribution in [0.15, 0.2) is 21.9 Å². The summed E-state index contributed by atoms with van der Waals surface area (Å²) in [4.78, 5) is 22.0. The van der Waals surface area contributed by atoms with E-state index in [1.807, 2.05) is 0 Å². The first-order chi connectivity index (χ1) is 17.1. The van der Waals surface area contributed by atoms with Gasteiger partial charge in [-0.1, -0.05) is 0 Å². The van der Waals surface area contributed by atoms with E-state index in [4.69, 9.17) is 0 Å². The summed E-state index contributed by atoms with van der Waals surface area (Å²) in [7, 11) is 0. The van der Waals surface area contributed by atoms with Gasteiger partial charge >= 0.3 is 252 Å². The molecule has 0 radical (unpaired) electrons. The first-order valence-electron chi connectivity index (χ1n) is 14.6. The minimum absolute atomic E-state index is 1.30. The predicted octanol–water partition coefficient (Wildman–Crippen LogP) is 11.5. The number of thiophene rings is 2. The van der Waals surface area contributed by atoms with Crippen molar-refractivity contribution in [2.24, 2.45) is 0 Å². The number of unbranched alkanes of at least 4 members (excludes halogenated alkanes) is 10. The van der Waals surface area contributed by atoms with Gasteiger partial charge in [0.2, 0.25) is 0 Å². The molecular weight excluding hydrogens is 726 g/mol. The van der Waals surface area contributed by atoms with E-state index in [0.717, 1.165) is 0 Å². The Bertz CT molecular complexity index is 798. The van der Waals surface area contributed by atoms with Crippen LogP contribution >= 0.6 is 46.2 Å². The van der Waals surface area contributed by atoms with Crippen LogP contribution in [0.4, 0.5) is 0 Å². The summed E-state index contributed by atoms with van der Waals surface area (Å²) >= 11 is 4.37. The normalized spacial score (nSPS) is 12.6. The van der Waals surface area contributed by atoms with Crippen molar-refractivity contribution in [3.63, 3.8) is 0 Å². The zero-order chi connectivity index (χ0) is 26.6. The zero-order valence-corrected chi connectivity index (χ0v) is 33.7. The molecule has 0 saturated heterocycles. The molecular formula is C30H54S4Sn2. The van der Waals surface area contributed by atoms with Gasteiger partial charge in [0.1, 0.15) is 0 Å². The van der Waals surface area contributed by atoms with E-state index < -0.39 is 36.8 Å². The fourth-order valence-electron chi connectivity index (χ4n) is 4.38. The third kappa shape index (κ3) is 12.1. The molecule has 0 aromatic carbocycles. The number of hydrogen-bond donors (Lipinski definition) is 0. The monoisotopic (exact) mass is 782 g/mol. The Labute approximate surface area is 249 Å². The second-order valence-corrected chi connectivity index (χ2v) is 47.3. The zero-order valence-electron chi connectivity index (χ0n) is 24.7. The van der Waals surface area contributed by atoms with Crippen molar-refractivity contribution in [1.82, 2.24) is 0 Å². The van der Waals surface area contributed by atoms with Gasteiger partial charge in [-0.25, -0.2) is 0 Å². The summed E-state index contributed by atoms with van der Waals surface area (Å²) in [5, 5.41) is 0. The van der Waals surface area contributed by atoms with Gasteiger partial charge in [-0.15, -0.1) is 0 Å². The molecule has 0 aliphatic heterocycles. The Balaban J connectivity index is 2.10. The Morgan fingerprint density at radius 3 is 1.19 bits per heavy atom. The molecule has 0 nitrogen and oxygen atoms in total. The van der Waals surface area contributed by atoms with Crippen molar-refractivity contribution in [3.05, 3.63) is 12.1 Å². The van der Waals surface area contributed by atoms with Crippen LogP contribution in [0.5, 0.6) is 0 Å². The van der Waals surface area contributed by atoms with Gasteiger partial charge < -0.3 is 0 Å². The second-order valence-electron chi connectivity index (χ2n) is 12.3. The van der Waals surface area contributed by atoms with Crippen LogP contribution < -0.4 is 5.79 Å². The van der Waals surface area contributed by atoms with Crippen LogP contribution in [0.25, 0.3) is 9.75 Å². The predicted molar refractivity (Wildman–Crippen MR) is 182 cm³/mol. The van der Waals surface area contributed by atoms with Crippen molar-refractivity contribution in [3.8, 4) is 9.75 Å². The summed E-state index contributed by atoms with van der Waals surface area (Å²) < 4.78 is 3.59. The van der Waals surface area contributed by atoms with Gasteiger partial charge in [-0.05, 0) is 0 Å². The standard InChI is InChI=1S/C24H36S4.6CH3.2Sn/c1-3-5-7-9-11-13-15-25-21-17-23(27-19-21)24-18-22(20-28-24)26-16-14-12-10-8-6-4-2;;;;;;;;/h17-18H,3-16H2,1-2H3;6*1H3;;. The fourth-order valence-corrected chi connectivity index (χ4v) is 26.3. The molecule has 0 bridgehead atoms. The van der Waals surface area contributed by atoms with Gasteiger partial charge in [0, 0.05) is 0 Å². The molecule has 0 saturated carbocycles. The number of thioether (sulfide) groups is 2. The summed E-state index contributed by atoms with van der Waals surface area (Å²) in [6.07, 6.45) is 16.8. The van der Waals surface area contributed by atoms with Gasteiger partial charge in [0.25, 0.3) is 0 Å². The van der Waals surface area contributed by atoms with E-state index in [1.165, 1.54) is 88.6 Å². The van der Waals surface area contributed by atoms with E-state index in [2.05, 4.69) is 102 Å². The Morgan fingerprint density at radius 1 is 0.528 bits per heavy atom. The first-order valence-corrected chi connectivity index (χ1v) is 38.2. The maximum atomic E-state index is 2.60. The molecule has 2 aromatic heterocycles. The average molecular weight is 780 g/mol. The van der Waals surface area contributed by atoms with E-state index >= 15 is 0 Å². The molecule has 0 aliphatic rings. The molecule has 0 aliphatic carbocycles. The van der Waals surface area contributed by atoms with Crippen molar-refractivity contribution in [2.75, 3.05) is 11.5 Å². The molecule has 2 rings (SSSR count). The second kappa shape index (κ2) is 17.5. The van der Waals surface area contributed by atoms with Crippen molar-refractivity contribution < 1.29 is 0 Å². The Kier molecular flexibility index (Phi) is 16.5. The Morgan fingerprint density at radius 2 is 0.861 bits per heavy atom. The molecule has 206 valence electrons.